The third-order valence-corrected chi connectivity index (χ3v) is 22.7. The molecule has 734 valence electrons. The van der Waals surface area contributed by atoms with Gasteiger partial charge in [-0.05, 0) is 255 Å². The summed E-state index contributed by atoms with van der Waals surface area (Å²) in [6.07, 6.45) is 31.4. The summed E-state index contributed by atoms with van der Waals surface area (Å²) in [7, 11) is 2.15. The summed E-state index contributed by atoms with van der Waals surface area (Å²) in [5, 5.41) is 42.7. The largest absolute Gasteiger partial charge is 0.449 e. The fraction of sp³-hybridized carbons (Fsp3) is 0.505. The van der Waals surface area contributed by atoms with Gasteiger partial charge in [0.1, 0.15) is 5.82 Å². The SMILES string of the molecule is CC(C)CCN(CCn1cnc2cc(/C=C/C(=O)NO)ccc21)C(C)C.CCCCCCN(CC)CCn1c(C(F)(F)F)nc2cc(/C=C/C(=O)NO)ccc21.CCCCN(CCCC)CCn1c(CCC)nc2cc(/C=C/C(=O)NO)ccc21.CCCN(CCC)CCn1cnc2cc(/C=C/C(=O)NO)ccc21.CN(CCn1cnc2cc(/C=C/C(=O)NO)ccc21)CCC(C)(C)C. The molecule has 0 unspecified atom stereocenters. The lowest BCUT2D eigenvalue weighted by Gasteiger charge is -2.27. The Morgan fingerprint density at radius 3 is 1.14 bits per heavy atom. The van der Waals surface area contributed by atoms with Crippen molar-refractivity contribution >= 4 is 115 Å². The molecule has 0 spiro atoms. The first kappa shape index (κ1) is 112. The van der Waals surface area contributed by atoms with E-state index in [1.54, 1.807) is 58.4 Å². The smallest absolute Gasteiger partial charge is 0.329 e. The minimum Gasteiger partial charge on any atom is -0.329 e. The van der Waals surface area contributed by atoms with Gasteiger partial charge in [-0.15, -0.1) is 0 Å². The van der Waals surface area contributed by atoms with Crippen molar-refractivity contribution in [1.29, 1.82) is 0 Å². The number of aromatic nitrogens is 10. The summed E-state index contributed by atoms with van der Waals surface area (Å²) in [4.78, 5) is 89.7. The van der Waals surface area contributed by atoms with Crippen LogP contribution >= 0.6 is 0 Å². The minimum atomic E-state index is -4.57. The monoisotopic (exact) mass is 1860 g/mol. The maximum atomic E-state index is 13.6. The number of aryl methyl sites for hydroxylation is 1. The van der Waals surface area contributed by atoms with E-state index < -0.39 is 41.5 Å². The van der Waals surface area contributed by atoms with Gasteiger partial charge in [-0.25, -0.2) is 52.3 Å². The number of rotatable bonds is 49. The third kappa shape index (κ3) is 39.1. The van der Waals surface area contributed by atoms with Gasteiger partial charge >= 0.3 is 6.18 Å². The fourth-order valence-electron chi connectivity index (χ4n) is 15.0. The maximum Gasteiger partial charge on any atom is 0.449 e. The van der Waals surface area contributed by atoms with Crippen LogP contribution in [0.2, 0.25) is 0 Å². The van der Waals surface area contributed by atoms with E-state index in [9.17, 15) is 37.1 Å². The van der Waals surface area contributed by atoms with E-state index in [0.717, 1.165) is 215 Å². The van der Waals surface area contributed by atoms with Gasteiger partial charge < -0.3 is 42.4 Å². The number of halogens is 3. The molecule has 0 aliphatic heterocycles. The number of imidazole rings is 5. The van der Waals surface area contributed by atoms with Crippen molar-refractivity contribution in [3.8, 4) is 0 Å². The van der Waals surface area contributed by atoms with Gasteiger partial charge in [0, 0.05) is 108 Å². The van der Waals surface area contributed by atoms with Crippen LogP contribution in [0.3, 0.4) is 0 Å². The Balaban J connectivity index is 0.000000258. The second-order valence-corrected chi connectivity index (χ2v) is 35.4. The summed E-state index contributed by atoms with van der Waals surface area (Å²) < 4.78 is 50.8. The molecular weight excluding hydrogens is 1710 g/mol. The normalized spacial score (nSPS) is 12.1. The first-order valence-corrected chi connectivity index (χ1v) is 47.4. The van der Waals surface area contributed by atoms with Crippen LogP contribution in [-0.4, -0.2) is 226 Å². The predicted octanol–water partition coefficient (Wildman–Crippen LogP) is 17.8. The molecule has 30 nitrogen and oxygen atoms in total. The third-order valence-electron chi connectivity index (χ3n) is 22.7. The molecule has 0 atom stereocenters. The summed E-state index contributed by atoms with van der Waals surface area (Å²) in [5.41, 5.74) is 20.8. The number of carbonyl (C=O) groups is 5. The van der Waals surface area contributed by atoms with Crippen molar-refractivity contribution in [2.45, 2.75) is 232 Å². The topological polar surface area (TPSA) is 352 Å². The van der Waals surface area contributed by atoms with Gasteiger partial charge in [-0.2, -0.15) is 13.2 Å². The van der Waals surface area contributed by atoms with Crippen molar-refractivity contribution in [2.24, 2.45) is 11.3 Å². The standard InChI is InChI=1S/C23H36N4O2.C21H29F3N4O2.C20H30N4O2.C19H28N4O2.C18H26N4O2/c1-4-7-14-26(15-8-5-2)16-17-27-21-12-10-19(11-13-23(28)25-29)18-20(21)24-22(27)9-6-3;1-3-5-6-7-12-27(4-2)13-14-28-18-10-8-16(9-11-19(29)26-30)15-17(18)25-20(28)21(22,23)24;1-15(2)9-10-23(16(3)4)11-12-24-14-21-18-13-17(5-7-19(18)24)6-8-20(25)22-26;1-19(2,3)9-10-22(4)11-12-23-14-20-16-13-15(5-7-17(16)23)6-8-18(24)21-25;1-3-9-21(10-4-2)11-12-22-14-19-16-13-15(5-7-17(16)22)6-8-18(23)20-24/h10-13,18,29H,4-9,14-17H2,1-3H3,(H,25,28);8-11,15,30H,3-7,12-14H2,1-2H3,(H,26,29);5-8,13-16,26H,9-12H2,1-4H3,(H,22,25);5-8,13-14,25H,9-12H2,1-4H3,(H,21,24);5-8,13-14,24H,3-4,9-12H2,1-2H3,(H,20,23)/b13-11+;11-9+;3*8-6+. The molecule has 5 heterocycles. The Kier molecular flexibility index (Phi) is 49.6. The Morgan fingerprint density at radius 1 is 0.396 bits per heavy atom. The van der Waals surface area contributed by atoms with E-state index >= 15 is 0 Å². The van der Waals surface area contributed by atoms with Crippen LogP contribution in [0.25, 0.3) is 85.5 Å². The highest BCUT2D eigenvalue weighted by atomic mass is 19.4. The number of hydrogen-bond donors (Lipinski definition) is 10. The average molecular weight is 1860 g/mol. The molecule has 134 heavy (non-hydrogen) atoms. The molecule has 0 saturated carbocycles. The maximum absolute atomic E-state index is 13.6. The predicted molar refractivity (Wildman–Crippen MR) is 530 cm³/mol. The number of hydrogen-bond acceptors (Lipinski definition) is 20. The van der Waals surface area contributed by atoms with Crippen molar-refractivity contribution in [3.63, 3.8) is 0 Å². The van der Waals surface area contributed by atoms with Crippen LogP contribution in [0.15, 0.2) is 140 Å². The van der Waals surface area contributed by atoms with E-state index in [1.807, 2.05) is 92.6 Å². The Hall–Kier alpha value is -11.1. The highest BCUT2D eigenvalue weighted by Crippen LogP contribution is 2.33. The number of amides is 5. The van der Waals surface area contributed by atoms with Crippen LogP contribution < -0.4 is 27.4 Å². The fourth-order valence-corrected chi connectivity index (χ4v) is 15.0. The highest BCUT2D eigenvalue weighted by molar-refractivity contribution is 5.95. The number of benzene rings is 5. The van der Waals surface area contributed by atoms with Gasteiger partial charge in [0.15, 0.2) is 0 Å². The Morgan fingerprint density at radius 2 is 0.761 bits per heavy atom. The van der Waals surface area contributed by atoms with Gasteiger partial charge in [0.05, 0.1) is 74.1 Å². The van der Waals surface area contributed by atoms with Crippen molar-refractivity contribution < 1.29 is 63.2 Å². The van der Waals surface area contributed by atoms with E-state index in [1.165, 1.54) is 104 Å². The van der Waals surface area contributed by atoms with Gasteiger partial charge in [-0.1, -0.05) is 146 Å². The zero-order chi connectivity index (χ0) is 98.1. The quantitative estimate of drug-likeness (QED) is 0.00733. The zero-order valence-electron chi connectivity index (χ0n) is 81.6. The molecule has 10 aromatic rings. The van der Waals surface area contributed by atoms with Crippen LogP contribution in [0.1, 0.15) is 220 Å². The Labute approximate surface area is 789 Å². The second kappa shape index (κ2) is 59.6. The number of nitrogens with zero attached hydrogens (tertiary/aromatic N) is 15. The van der Waals surface area contributed by atoms with Crippen LogP contribution in [0.4, 0.5) is 13.2 Å². The van der Waals surface area contributed by atoms with E-state index in [2.05, 4.69) is 166 Å². The van der Waals surface area contributed by atoms with Crippen LogP contribution in [0, 0.1) is 11.3 Å². The first-order chi connectivity index (χ1) is 64.3. The highest BCUT2D eigenvalue weighted by Gasteiger charge is 2.38. The van der Waals surface area contributed by atoms with Gasteiger partial charge in [0.25, 0.3) is 29.5 Å². The first-order valence-electron chi connectivity index (χ1n) is 47.4. The lowest BCUT2D eigenvalue weighted by molar-refractivity contribution is -0.147. The molecule has 10 rings (SSSR count). The molecular formula is C101H149F3N20O10. The average Bonchev–Trinajstić information content (AvgIpc) is 1.64. The molecule has 5 aromatic heterocycles. The van der Waals surface area contributed by atoms with Crippen molar-refractivity contribution in [3.05, 3.63) is 180 Å². The molecule has 0 fully saturated rings. The molecule has 0 saturated heterocycles. The lowest BCUT2D eigenvalue weighted by atomic mass is 9.92. The van der Waals surface area contributed by atoms with Crippen LogP contribution in [-0.2, 0) is 69.3 Å². The van der Waals surface area contributed by atoms with Gasteiger partial charge in [0.2, 0.25) is 5.82 Å². The van der Waals surface area contributed by atoms with Gasteiger partial charge in [-0.3, -0.25) is 54.9 Å². The summed E-state index contributed by atoms with van der Waals surface area (Å²) in [6, 6.07) is 28.9. The molecule has 33 heteroatoms. The van der Waals surface area contributed by atoms with Crippen LogP contribution in [0.5, 0.6) is 0 Å². The molecule has 5 aromatic carbocycles. The number of fused-ring (bicyclic) bond motifs is 5. The van der Waals surface area contributed by atoms with E-state index in [-0.39, 0.29) is 12.1 Å². The summed E-state index contributed by atoms with van der Waals surface area (Å²) in [6.45, 7) is 47.8. The molecule has 10 N–H and O–H groups in total. The van der Waals surface area contributed by atoms with E-state index in [0.29, 0.717) is 35.0 Å². The Bertz CT molecular complexity index is 5350. The number of carbonyl (C=O) groups excluding carboxylic acids is 5. The summed E-state index contributed by atoms with van der Waals surface area (Å²) >= 11 is 0. The lowest BCUT2D eigenvalue weighted by Crippen LogP contribution is -2.35. The molecule has 0 aliphatic rings. The van der Waals surface area contributed by atoms with E-state index in [4.69, 9.17) is 31.0 Å². The molecule has 0 radical (unpaired) electrons. The van der Waals surface area contributed by atoms with Crippen molar-refractivity contribution in [1.82, 2.24) is 99.7 Å². The number of likely N-dealkylation sites (N-methyl/N-ethyl adjacent to an activating group) is 2. The summed E-state index contributed by atoms with van der Waals surface area (Å²) in [5.74, 6) is -2.00. The molecule has 0 aliphatic carbocycles. The minimum absolute atomic E-state index is 0.190. The number of alkyl halides is 3. The zero-order valence-corrected chi connectivity index (χ0v) is 81.6. The molecule has 0 bridgehead atoms. The van der Waals surface area contributed by atoms with Crippen molar-refractivity contribution in [2.75, 3.05) is 92.1 Å². The molecule has 5 amide bonds. The number of nitrogens with one attached hydrogen (secondary N) is 5. The second-order valence-electron chi connectivity index (χ2n) is 35.4. The number of unbranched alkanes of at least 4 members (excludes halogenated alkanes) is 5. The number of hydroxylamine groups is 5.